The molecule has 0 spiro atoms. The highest BCUT2D eigenvalue weighted by atomic mass is 16.5. The van der Waals surface area contributed by atoms with Gasteiger partial charge in [-0.05, 0) is 50.8 Å². The predicted octanol–water partition coefficient (Wildman–Crippen LogP) is 2.91. The molecule has 1 fully saturated rings. The summed E-state index contributed by atoms with van der Waals surface area (Å²) >= 11 is 0. The van der Waals surface area contributed by atoms with Crippen LogP contribution in [0.4, 0.5) is 0 Å². The molecule has 1 atom stereocenters. The van der Waals surface area contributed by atoms with Crippen molar-refractivity contribution in [2.24, 2.45) is 0 Å². The summed E-state index contributed by atoms with van der Waals surface area (Å²) in [6, 6.07) is 5.73. The van der Waals surface area contributed by atoms with Crippen LogP contribution < -0.4 is 5.32 Å². The van der Waals surface area contributed by atoms with E-state index >= 15 is 0 Å². The molecule has 0 heterocycles. The first-order chi connectivity index (χ1) is 9.99. The third kappa shape index (κ3) is 3.84. The molecule has 4 heteroatoms. The van der Waals surface area contributed by atoms with E-state index in [1.54, 1.807) is 13.0 Å². The average molecular weight is 289 g/mol. The van der Waals surface area contributed by atoms with Crippen molar-refractivity contribution in [3.63, 3.8) is 0 Å². The van der Waals surface area contributed by atoms with Crippen LogP contribution >= 0.6 is 0 Å². The van der Waals surface area contributed by atoms with E-state index < -0.39 is 12.1 Å². The van der Waals surface area contributed by atoms with Gasteiger partial charge in [0.1, 0.15) is 0 Å². The van der Waals surface area contributed by atoms with Crippen LogP contribution in [0.5, 0.6) is 0 Å². The lowest BCUT2D eigenvalue weighted by Crippen LogP contribution is -2.40. The first-order valence-corrected chi connectivity index (χ1v) is 7.56. The molecular formula is C17H23NO3. The van der Waals surface area contributed by atoms with Gasteiger partial charge in [0.15, 0.2) is 6.10 Å². The maximum Gasteiger partial charge on any atom is 0.339 e. The molecule has 0 aromatic heterocycles. The number of carbonyl (C=O) groups is 2. The summed E-state index contributed by atoms with van der Waals surface area (Å²) in [6.07, 6.45) is 3.58. The Morgan fingerprint density at radius 3 is 2.57 bits per heavy atom. The summed E-state index contributed by atoms with van der Waals surface area (Å²) in [7, 11) is 0. The minimum Gasteiger partial charge on any atom is -0.449 e. The minimum absolute atomic E-state index is 0.208. The summed E-state index contributed by atoms with van der Waals surface area (Å²) < 4.78 is 5.29. The van der Waals surface area contributed by atoms with Crippen molar-refractivity contribution in [2.45, 2.75) is 58.6 Å². The molecule has 1 aliphatic rings. The Morgan fingerprint density at radius 1 is 1.24 bits per heavy atom. The van der Waals surface area contributed by atoms with E-state index in [0.29, 0.717) is 5.56 Å². The second kappa shape index (κ2) is 6.74. The molecule has 0 bridgehead atoms. The van der Waals surface area contributed by atoms with Gasteiger partial charge in [0.2, 0.25) is 0 Å². The third-order valence-corrected chi connectivity index (χ3v) is 4.18. The largest absolute Gasteiger partial charge is 0.449 e. The summed E-state index contributed by atoms with van der Waals surface area (Å²) in [5.74, 6) is -0.647. The van der Waals surface area contributed by atoms with Crippen LogP contribution in [0.2, 0.25) is 0 Å². The van der Waals surface area contributed by atoms with Crippen LogP contribution in [0.15, 0.2) is 18.2 Å². The van der Waals surface area contributed by atoms with Gasteiger partial charge in [0.25, 0.3) is 5.91 Å². The second-order valence-corrected chi connectivity index (χ2v) is 5.78. The summed E-state index contributed by atoms with van der Waals surface area (Å²) in [4.78, 5) is 24.2. The normalized spacial score (nSPS) is 16.5. The van der Waals surface area contributed by atoms with Crippen LogP contribution in [-0.2, 0) is 9.53 Å². The zero-order valence-electron chi connectivity index (χ0n) is 12.9. The number of nitrogens with one attached hydrogen (secondary N) is 1. The molecule has 1 N–H and O–H groups in total. The van der Waals surface area contributed by atoms with E-state index in [1.807, 2.05) is 26.0 Å². The average Bonchev–Trinajstić information content (AvgIpc) is 2.94. The summed E-state index contributed by atoms with van der Waals surface area (Å²) in [6.45, 7) is 5.45. The first kappa shape index (κ1) is 15.5. The van der Waals surface area contributed by atoms with Crippen LogP contribution in [0.3, 0.4) is 0 Å². The number of aryl methyl sites for hydroxylation is 1. The molecule has 1 amide bonds. The number of esters is 1. The van der Waals surface area contributed by atoms with Crippen LogP contribution in [-0.4, -0.2) is 24.0 Å². The van der Waals surface area contributed by atoms with Crippen molar-refractivity contribution in [1.82, 2.24) is 5.32 Å². The monoisotopic (exact) mass is 289 g/mol. The molecule has 114 valence electrons. The summed E-state index contributed by atoms with van der Waals surface area (Å²) in [5, 5.41) is 2.95. The van der Waals surface area contributed by atoms with Gasteiger partial charge in [-0.25, -0.2) is 4.79 Å². The number of carbonyl (C=O) groups excluding carboxylic acids is 2. The topological polar surface area (TPSA) is 55.4 Å². The molecule has 0 aliphatic heterocycles. The summed E-state index contributed by atoms with van der Waals surface area (Å²) in [5.41, 5.74) is 2.45. The molecule has 1 aliphatic carbocycles. The molecule has 0 radical (unpaired) electrons. The van der Waals surface area contributed by atoms with E-state index in [9.17, 15) is 9.59 Å². The second-order valence-electron chi connectivity index (χ2n) is 5.78. The number of hydrogen-bond donors (Lipinski definition) is 1. The highest BCUT2D eigenvalue weighted by molar-refractivity contribution is 5.93. The fourth-order valence-corrected chi connectivity index (χ4v) is 2.64. The Kier molecular flexibility index (Phi) is 4.99. The quantitative estimate of drug-likeness (QED) is 0.867. The van der Waals surface area contributed by atoms with Gasteiger partial charge in [-0.3, -0.25) is 4.79 Å². The highest BCUT2D eigenvalue weighted by Crippen LogP contribution is 2.18. The van der Waals surface area contributed by atoms with E-state index in [4.69, 9.17) is 4.74 Å². The predicted molar refractivity (Wildman–Crippen MR) is 81.2 cm³/mol. The SMILES string of the molecule is Cc1cccc(C(=O)O[C@H](C)C(=O)NC2CCCC2)c1C. The van der Waals surface area contributed by atoms with Gasteiger partial charge in [0, 0.05) is 6.04 Å². The van der Waals surface area contributed by atoms with E-state index in [2.05, 4.69) is 5.32 Å². The maximum atomic E-state index is 12.2. The van der Waals surface area contributed by atoms with Gasteiger partial charge in [-0.15, -0.1) is 0 Å². The Morgan fingerprint density at radius 2 is 1.90 bits per heavy atom. The van der Waals surface area contributed by atoms with Crippen molar-refractivity contribution in [1.29, 1.82) is 0 Å². The number of hydrogen-bond acceptors (Lipinski definition) is 3. The van der Waals surface area contributed by atoms with Crippen molar-refractivity contribution in [3.8, 4) is 0 Å². The third-order valence-electron chi connectivity index (χ3n) is 4.18. The standard InChI is InChI=1S/C17H23NO3/c1-11-7-6-10-15(12(11)2)17(20)21-13(3)16(19)18-14-8-4-5-9-14/h6-7,10,13-14H,4-5,8-9H2,1-3H3,(H,18,19)/t13-/m1/s1. The smallest absolute Gasteiger partial charge is 0.339 e. The van der Waals surface area contributed by atoms with Gasteiger partial charge < -0.3 is 10.1 Å². The van der Waals surface area contributed by atoms with E-state index in [0.717, 1.165) is 36.8 Å². The zero-order chi connectivity index (χ0) is 15.4. The molecule has 0 unspecified atom stereocenters. The van der Waals surface area contributed by atoms with Crippen molar-refractivity contribution >= 4 is 11.9 Å². The van der Waals surface area contributed by atoms with Crippen LogP contribution in [0.1, 0.15) is 54.1 Å². The Balaban J connectivity index is 1.95. The van der Waals surface area contributed by atoms with Gasteiger partial charge in [-0.2, -0.15) is 0 Å². The Hall–Kier alpha value is -1.84. The number of amides is 1. The molecule has 21 heavy (non-hydrogen) atoms. The molecular weight excluding hydrogens is 266 g/mol. The van der Waals surface area contributed by atoms with Gasteiger partial charge >= 0.3 is 5.97 Å². The first-order valence-electron chi connectivity index (χ1n) is 7.56. The van der Waals surface area contributed by atoms with Gasteiger partial charge in [0.05, 0.1) is 5.56 Å². The van der Waals surface area contributed by atoms with Crippen molar-refractivity contribution in [2.75, 3.05) is 0 Å². The highest BCUT2D eigenvalue weighted by Gasteiger charge is 2.24. The Labute approximate surface area is 125 Å². The number of ether oxygens (including phenoxy) is 1. The van der Waals surface area contributed by atoms with Crippen LogP contribution in [0.25, 0.3) is 0 Å². The maximum absolute atomic E-state index is 12.2. The molecule has 1 aromatic rings. The lowest BCUT2D eigenvalue weighted by molar-refractivity contribution is -0.129. The lowest BCUT2D eigenvalue weighted by Gasteiger charge is -2.17. The molecule has 2 rings (SSSR count). The number of rotatable bonds is 4. The fraction of sp³-hybridized carbons (Fsp3) is 0.529. The van der Waals surface area contributed by atoms with Crippen molar-refractivity contribution < 1.29 is 14.3 Å². The zero-order valence-corrected chi connectivity index (χ0v) is 12.9. The van der Waals surface area contributed by atoms with E-state index in [1.165, 1.54) is 0 Å². The molecule has 0 saturated heterocycles. The van der Waals surface area contributed by atoms with E-state index in [-0.39, 0.29) is 11.9 Å². The number of benzene rings is 1. The minimum atomic E-state index is -0.766. The Bertz CT molecular complexity index is 533. The van der Waals surface area contributed by atoms with Gasteiger partial charge in [-0.1, -0.05) is 25.0 Å². The molecule has 1 aromatic carbocycles. The van der Waals surface area contributed by atoms with Crippen LogP contribution in [0, 0.1) is 13.8 Å². The fourth-order valence-electron chi connectivity index (χ4n) is 2.64. The van der Waals surface area contributed by atoms with Crippen molar-refractivity contribution in [3.05, 3.63) is 34.9 Å². The lowest BCUT2D eigenvalue weighted by atomic mass is 10.0. The molecule has 4 nitrogen and oxygen atoms in total. The molecule has 1 saturated carbocycles.